The molecule has 0 radical (unpaired) electrons. The lowest BCUT2D eigenvalue weighted by molar-refractivity contribution is 0.0521. The number of ether oxygens (including phenoxy) is 1. The van der Waals surface area contributed by atoms with Crippen LogP contribution in [0.4, 0.5) is 0 Å². The summed E-state index contributed by atoms with van der Waals surface area (Å²) in [5, 5.41) is 1.95. The lowest BCUT2D eigenvalue weighted by atomic mass is 9.93. The molecule has 114 valence electrons. The molecule has 22 heavy (non-hydrogen) atoms. The molecular formula is C16H16N2O2S2. The van der Waals surface area contributed by atoms with Crippen molar-refractivity contribution in [1.29, 1.82) is 0 Å². The van der Waals surface area contributed by atoms with Gasteiger partial charge in [-0.05, 0) is 17.5 Å². The van der Waals surface area contributed by atoms with E-state index < -0.39 is 0 Å². The normalized spacial score (nSPS) is 22.5. The van der Waals surface area contributed by atoms with Crippen molar-refractivity contribution < 1.29 is 9.53 Å². The lowest BCUT2D eigenvalue weighted by Crippen LogP contribution is -2.60. The first kappa shape index (κ1) is 14.1. The Labute approximate surface area is 137 Å². The summed E-state index contributed by atoms with van der Waals surface area (Å²) < 4.78 is 6.13. The first-order valence-corrected chi connectivity index (χ1v) is 9.15. The zero-order valence-electron chi connectivity index (χ0n) is 12.0. The molecule has 0 saturated carbocycles. The molecule has 2 aliphatic rings. The summed E-state index contributed by atoms with van der Waals surface area (Å²) in [6.45, 7) is 1.66. The monoisotopic (exact) mass is 332 g/mol. The van der Waals surface area contributed by atoms with Gasteiger partial charge in [0.1, 0.15) is 6.10 Å². The quantitative estimate of drug-likeness (QED) is 0.867. The summed E-state index contributed by atoms with van der Waals surface area (Å²) in [5.74, 6) is 1.82. The summed E-state index contributed by atoms with van der Waals surface area (Å²) in [7, 11) is 0. The van der Waals surface area contributed by atoms with Crippen LogP contribution in [-0.2, 0) is 0 Å². The topological polar surface area (TPSA) is 42.4 Å². The Hall–Kier alpha value is -1.53. The zero-order chi connectivity index (χ0) is 15.0. The summed E-state index contributed by atoms with van der Waals surface area (Å²) in [6, 6.07) is 9.53. The van der Waals surface area contributed by atoms with Gasteiger partial charge in [0.2, 0.25) is 5.88 Å². The molecule has 0 N–H and O–H groups in total. The van der Waals surface area contributed by atoms with E-state index in [-0.39, 0.29) is 16.8 Å². The van der Waals surface area contributed by atoms with Crippen molar-refractivity contribution in [2.75, 3.05) is 18.8 Å². The number of nitrogens with zero attached hydrogens (tertiary/aromatic N) is 2. The van der Waals surface area contributed by atoms with Gasteiger partial charge in [-0.3, -0.25) is 4.79 Å². The maximum Gasteiger partial charge on any atom is 0.264 e. The van der Waals surface area contributed by atoms with Gasteiger partial charge >= 0.3 is 0 Å². The Balaban J connectivity index is 1.33. The second kappa shape index (κ2) is 5.59. The number of pyridine rings is 1. The molecule has 2 aromatic heterocycles. The van der Waals surface area contributed by atoms with Crippen LogP contribution in [0.5, 0.6) is 5.88 Å². The number of rotatable bonds is 3. The van der Waals surface area contributed by atoms with Crippen molar-refractivity contribution in [1.82, 2.24) is 9.88 Å². The standard InChI is InChI=1S/C16H16N2O2S2/c19-15(13-4-3-7-21-13)18-10-16(11-18)8-12(9-22-16)20-14-5-1-2-6-17-14/h1-7,12H,8-11H2/t12-/m0/s1. The highest BCUT2D eigenvalue weighted by Gasteiger charge is 2.51. The Morgan fingerprint density at radius 1 is 1.32 bits per heavy atom. The van der Waals surface area contributed by atoms with Crippen LogP contribution in [0.1, 0.15) is 16.1 Å². The number of carbonyl (C=O) groups is 1. The van der Waals surface area contributed by atoms with Crippen molar-refractivity contribution in [3.05, 3.63) is 46.8 Å². The largest absolute Gasteiger partial charge is 0.473 e. The third-order valence-corrected chi connectivity index (χ3v) is 6.51. The van der Waals surface area contributed by atoms with Gasteiger partial charge in [-0.15, -0.1) is 23.1 Å². The van der Waals surface area contributed by atoms with Crippen molar-refractivity contribution in [3.8, 4) is 5.88 Å². The molecule has 1 spiro atoms. The molecule has 0 bridgehead atoms. The Morgan fingerprint density at radius 3 is 2.95 bits per heavy atom. The fraction of sp³-hybridized carbons (Fsp3) is 0.375. The number of thioether (sulfide) groups is 1. The maximum atomic E-state index is 12.3. The molecule has 4 nitrogen and oxygen atoms in total. The van der Waals surface area contributed by atoms with E-state index in [0.717, 1.165) is 30.1 Å². The molecule has 6 heteroatoms. The molecule has 2 aliphatic heterocycles. The van der Waals surface area contributed by atoms with Crippen LogP contribution in [0, 0.1) is 0 Å². The lowest BCUT2D eigenvalue weighted by Gasteiger charge is -2.47. The second-order valence-corrected chi connectivity index (χ2v) is 8.18. The van der Waals surface area contributed by atoms with Crippen molar-refractivity contribution in [2.45, 2.75) is 17.3 Å². The van der Waals surface area contributed by atoms with Crippen LogP contribution in [0.15, 0.2) is 41.9 Å². The van der Waals surface area contributed by atoms with Crippen LogP contribution >= 0.6 is 23.1 Å². The van der Waals surface area contributed by atoms with Crippen LogP contribution in [0.2, 0.25) is 0 Å². The third-order valence-electron chi connectivity index (χ3n) is 4.08. The molecule has 0 aromatic carbocycles. The molecule has 4 heterocycles. The predicted molar refractivity (Wildman–Crippen MR) is 88.7 cm³/mol. The summed E-state index contributed by atoms with van der Waals surface area (Å²) in [4.78, 5) is 19.3. The highest BCUT2D eigenvalue weighted by atomic mass is 32.2. The van der Waals surface area contributed by atoms with Crippen LogP contribution in [-0.4, -0.2) is 45.5 Å². The van der Waals surface area contributed by atoms with Gasteiger partial charge in [-0.25, -0.2) is 4.98 Å². The summed E-state index contributed by atoms with van der Waals surface area (Å²) in [6.07, 6.45) is 2.93. The average molecular weight is 332 g/mol. The number of hydrogen-bond donors (Lipinski definition) is 0. The molecule has 0 aliphatic carbocycles. The fourth-order valence-electron chi connectivity index (χ4n) is 3.04. The number of thiophene rings is 1. The van der Waals surface area contributed by atoms with Gasteiger partial charge in [-0.1, -0.05) is 12.1 Å². The van der Waals surface area contributed by atoms with Gasteiger partial charge in [-0.2, -0.15) is 0 Å². The van der Waals surface area contributed by atoms with Crippen molar-refractivity contribution in [3.63, 3.8) is 0 Å². The van der Waals surface area contributed by atoms with Crippen molar-refractivity contribution >= 4 is 29.0 Å². The average Bonchev–Trinajstić information content (AvgIpc) is 3.16. The van der Waals surface area contributed by atoms with Gasteiger partial charge in [0, 0.05) is 37.5 Å². The van der Waals surface area contributed by atoms with Crippen LogP contribution in [0.25, 0.3) is 0 Å². The molecule has 1 amide bonds. The van der Waals surface area contributed by atoms with E-state index in [4.69, 9.17) is 4.74 Å². The maximum absolute atomic E-state index is 12.3. The van der Waals surface area contributed by atoms with E-state index in [1.807, 2.05) is 52.4 Å². The zero-order valence-corrected chi connectivity index (χ0v) is 13.6. The van der Waals surface area contributed by atoms with Crippen molar-refractivity contribution in [2.24, 2.45) is 0 Å². The van der Waals surface area contributed by atoms with Gasteiger partial charge < -0.3 is 9.64 Å². The molecular weight excluding hydrogens is 316 g/mol. The van der Waals surface area contributed by atoms with E-state index in [1.165, 1.54) is 11.3 Å². The number of carbonyl (C=O) groups excluding carboxylic acids is 1. The van der Waals surface area contributed by atoms with Crippen LogP contribution in [0.3, 0.4) is 0 Å². The molecule has 2 aromatic rings. The van der Waals surface area contributed by atoms with Gasteiger partial charge in [0.25, 0.3) is 5.91 Å². The molecule has 2 fully saturated rings. The molecule has 0 unspecified atom stereocenters. The first-order chi connectivity index (χ1) is 10.7. The minimum atomic E-state index is 0.162. The number of hydrogen-bond acceptors (Lipinski definition) is 5. The second-order valence-electron chi connectivity index (χ2n) is 5.74. The van der Waals surface area contributed by atoms with Crippen LogP contribution < -0.4 is 4.74 Å². The Kier molecular flexibility index (Phi) is 3.58. The number of aromatic nitrogens is 1. The number of likely N-dealkylation sites (tertiary alicyclic amines) is 1. The van der Waals surface area contributed by atoms with E-state index in [1.54, 1.807) is 6.20 Å². The van der Waals surface area contributed by atoms with E-state index in [2.05, 4.69) is 4.98 Å². The first-order valence-electron chi connectivity index (χ1n) is 7.29. The SMILES string of the molecule is O=C(c1cccs1)N1CC2(C[C@H](Oc3ccccn3)CS2)C1. The molecule has 4 rings (SSSR count). The number of amides is 1. The predicted octanol–water partition coefficient (Wildman–Crippen LogP) is 2.92. The Bertz CT molecular complexity index is 654. The molecule has 1 atom stereocenters. The summed E-state index contributed by atoms with van der Waals surface area (Å²) >= 11 is 3.44. The molecule has 2 saturated heterocycles. The smallest absolute Gasteiger partial charge is 0.264 e. The minimum Gasteiger partial charge on any atom is -0.473 e. The summed E-state index contributed by atoms with van der Waals surface area (Å²) in [5.41, 5.74) is 0. The highest BCUT2D eigenvalue weighted by Crippen LogP contribution is 2.46. The van der Waals surface area contributed by atoms with E-state index in [0.29, 0.717) is 5.88 Å². The highest BCUT2D eigenvalue weighted by molar-refractivity contribution is 8.01. The Morgan fingerprint density at radius 2 is 2.23 bits per heavy atom. The van der Waals surface area contributed by atoms with Gasteiger partial charge in [0.05, 0.1) is 9.62 Å². The van der Waals surface area contributed by atoms with E-state index >= 15 is 0 Å². The fourth-order valence-corrected chi connectivity index (χ4v) is 5.25. The van der Waals surface area contributed by atoms with Gasteiger partial charge in [0.15, 0.2) is 0 Å². The van der Waals surface area contributed by atoms with E-state index in [9.17, 15) is 4.79 Å². The minimum absolute atomic E-state index is 0.162. The third kappa shape index (κ3) is 2.61.